The van der Waals surface area contributed by atoms with Crippen LogP contribution in [0.4, 0.5) is 11.6 Å². The van der Waals surface area contributed by atoms with Crippen molar-refractivity contribution in [2.24, 2.45) is 0 Å². The molecule has 1 aromatic carbocycles. The van der Waals surface area contributed by atoms with Gasteiger partial charge in [-0.2, -0.15) is 0 Å². The topological polar surface area (TPSA) is 95.5 Å². The number of nitrogens with zero attached hydrogens (tertiary/aromatic N) is 4. The van der Waals surface area contributed by atoms with E-state index in [2.05, 4.69) is 14.7 Å². The molecule has 0 spiro atoms. The van der Waals surface area contributed by atoms with E-state index in [0.29, 0.717) is 37.4 Å². The second kappa shape index (κ2) is 6.82. The zero-order valence-electron chi connectivity index (χ0n) is 16.2. The van der Waals surface area contributed by atoms with Crippen LogP contribution in [-0.4, -0.2) is 44.9 Å². The number of aromatic nitrogens is 2. The third-order valence-corrected chi connectivity index (χ3v) is 6.45. The van der Waals surface area contributed by atoms with Crippen LogP contribution in [0.3, 0.4) is 0 Å². The summed E-state index contributed by atoms with van der Waals surface area (Å²) in [6.07, 6.45) is 1.70. The summed E-state index contributed by atoms with van der Waals surface area (Å²) < 4.78 is 28.4. The number of aryl methyl sites for hydroxylation is 2. The fourth-order valence-electron chi connectivity index (χ4n) is 3.74. The number of nitrogens with one attached hydrogen (secondary N) is 1. The highest BCUT2D eigenvalue weighted by Gasteiger charge is 2.32. The minimum Gasteiger partial charge on any atom is -0.347 e. The van der Waals surface area contributed by atoms with Gasteiger partial charge in [-0.3, -0.25) is 4.79 Å². The Labute approximate surface area is 164 Å². The Hall–Kier alpha value is -2.52. The molecule has 1 aromatic heterocycles. The van der Waals surface area contributed by atoms with Crippen LogP contribution in [0.5, 0.6) is 0 Å². The fraction of sp³-hybridized carbons (Fsp3) is 0.421. The van der Waals surface area contributed by atoms with E-state index in [1.165, 1.54) is 0 Å². The monoisotopic (exact) mass is 401 g/mol. The van der Waals surface area contributed by atoms with Gasteiger partial charge in [0, 0.05) is 32.8 Å². The van der Waals surface area contributed by atoms with Gasteiger partial charge in [0.15, 0.2) is 0 Å². The maximum absolute atomic E-state index is 12.9. The first kappa shape index (κ1) is 18.8. The number of carbonyl (C=O) groups excluding carboxylic acids is 1. The molecule has 8 nitrogen and oxygen atoms in total. The Kier molecular flexibility index (Phi) is 4.59. The number of rotatable bonds is 5. The van der Waals surface area contributed by atoms with E-state index in [4.69, 9.17) is 0 Å². The molecule has 0 bridgehead atoms. The molecule has 28 heavy (non-hydrogen) atoms. The molecular weight excluding hydrogens is 378 g/mol. The van der Waals surface area contributed by atoms with Crippen LogP contribution in [0.1, 0.15) is 28.9 Å². The van der Waals surface area contributed by atoms with Gasteiger partial charge in [0.25, 0.3) is 0 Å². The van der Waals surface area contributed by atoms with E-state index in [-0.39, 0.29) is 17.3 Å². The Bertz CT molecular complexity index is 1070. The zero-order valence-corrected chi connectivity index (χ0v) is 17.0. The summed E-state index contributed by atoms with van der Waals surface area (Å²) in [7, 11) is -0.0127. The SMILES string of the molecule is Cc1cc(CNS(=O)(=O)c2cc3c4c(c2)CCN4C(=O)CC3)nc(N(C)C)n1. The smallest absolute Gasteiger partial charge is 0.240 e. The normalized spacial score (nSPS) is 15.7. The Morgan fingerprint density at radius 3 is 2.54 bits per heavy atom. The van der Waals surface area contributed by atoms with Crippen LogP contribution in [0, 0.1) is 6.92 Å². The van der Waals surface area contributed by atoms with E-state index < -0.39 is 10.0 Å². The summed E-state index contributed by atoms with van der Waals surface area (Å²) in [5, 5.41) is 0. The Balaban J connectivity index is 1.60. The molecule has 0 fully saturated rings. The Morgan fingerprint density at radius 1 is 1.11 bits per heavy atom. The first-order valence-corrected chi connectivity index (χ1v) is 10.7. The predicted octanol–water partition coefficient (Wildman–Crippen LogP) is 1.16. The van der Waals surface area contributed by atoms with Crippen LogP contribution in [0.15, 0.2) is 23.1 Å². The van der Waals surface area contributed by atoms with Gasteiger partial charge in [-0.1, -0.05) is 0 Å². The Morgan fingerprint density at radius 2 is 1.82 bits per heavy atom. The number of sulfonamides is 1. The molecule has 148 valence electrons. The summed E-state index contributed by atoms with van der Waals surface area (Å²) in [6.45, 7) is 2.57. The number of anilines is 2. The van der Waals surface area contributed by atoms with E-state index in [0.717, 1.165) is 22.5 Å². The lowest BCUT2D eigenvalue weighted by Crippen LogP contribution is -2.33. The second-order valence-corrected chi connectivity index (χ2v) is 9.17. The third-order valence-electron chi connectivity index (χ3n) is 5.07. The number of carbonyl (C=O) groups is 1. The van der Waals surface area contributed by atoms with Crippen LogP contribution >= 0.6 is 0 Å². The molecule has 1 N–H and O–H groups in total. The molecule has 1 amide bonds. The van der Waals surface area contributed by atoms with Crippen molar-refractivity contribution in [3.05, 3.63) is 40.7 Å². The summed E-state index contributed by atoms with van der Waals surface area (Å²) in [4.78, 5) is 24.6. The molecule has 0 saturated carbocycles. The van der Waals surface area contributed by atoms with Crippen molar-refractivity contribution in [1.29, 1.82) is 0 Å². The van der Waals surface area contributed by atoms with E-state index in [1.807, 2.05) is 21.0 Å². The summed E-state index contributed by atoms with van der Waals surface area (Å²) in [5.74, 6) is 0.664. The van der Waals surface area contributed by atoms with Crippen molar-refractivity contribution in [2.75, 3.05) is 30.4 Å². The highest BCUT2D eigenvalue weighted by Crippen LogP contribution is 2.38. The molecule has 3 heterocycles. The zero-order chi connectivity index (χ0) is 20.1. The number of benzene rings is 1. The van der Waals surface area contributed by atoms with Gasteiger partial charge in [-0.25, -0.2) is 23.1 Å². The van der Waals surface area contributed by atoms with Crippen molar-refractivity contribution in [1.82, 2.24) is 14.7 Å². The van der Waals surface area contributed by atoms with Gasteiger partial charge in [-0.05, 0) is 49.1 Å². The third kappa shape index (κ3) is 3.35. The first-order chi connectivity index (χ1) is 13.2. The van der Waals surface area contributed by atoms with Crippen molar-refractivity contribution in [3.63, 3.8) is 0 Å². The minimum atomic E-state index is -3.69. The summed E-state index contributed by atoms with van der Waals surface area (Å²) in [5.41, 5.74) is 4.16. The molecule has 2 aliphatic rings. The summed E-state index contributed by atoms with van der Waals surface area (Å²) in [6, 6.07) is 5.16. The largest absolute Gasteiger partial charge is 0.347 e. The van der Waals surface area contributed by atoms with Gasteiger partial charge in [-0.15, -0.1) is 0 Å². The molecule has 9 heteroatoms. The highest BCUT2D eigenvalue weighted by molar-refractivity contribution is 7.89. The summed E-state index contributed by atoms with van der Waals surface area (Å²) >= 11 is 0. The predicted molar refractivity (Wildman–Crippen MR) is 106 cm³/mol. The van der Waals surface area contributed by atoms with Crippen molar-refractivity contribution < 1.29 is 13.2 Å². The molecule has 2 aliphatic heterocycles. The lowest BCUT2D eigenvalue weighted by Gasteiger charge is -2.25. The van der Waals surface area contributed by atoms with Gasteiger partial charge in [0.05, 0.1) is 22.8 Å². The number of hydrogen-bond donors (Lipinski definition) is 1. The quantitative estimate of drug-likeness (QED) is 0.808. The highest BCUT2D eigenvalue weighted by atomic mass is 32.2. The van der Waals surface area contributed by atoms with Gasteiger partial charge in [0.1, 0.15) is 0 Å². The van der Waals surface area contributed by atoms with Gasteiger partial charge >= 0.3 is 0 Å². The molecule has 0 saturated heterocycles. The fourth-order valence-corrected chi connectivity index (χ4v) is 4.84. The van der Waals surface area contributed by atoms with Crippen LogP contribution in [0.25, 0.3) is 0 Å². The van der Waals surface area contributed by atoms with E-state index >= 15 is 0 Å². The van der Waals surface area contributed by atoms with Crippen LogP contribution < -0.4 is 14.5 Å². The lowest BCUT2D eigenvalue weighted by molar-refractivity contribution is -0.118. The average molecular weight is 401 g/mol. The van der Waals surface area contributed by atoms with E-state index in [9.17, 15) is 13.2 Å². The van der Waals surface area contributed by atoms with Gasteiger partial charge in [0.2, 0.25) is 21.9 Å². The first-order valence-electron chi connectivity index (χ1n) is 9.22. The molecule has 2 aromatic rings. The molecule has 0 atom stereocenters. The standard InChI is InChI=1S/C19H23N5O3S/c1-12-8-15(22-19(21-12)23(2)3)11-20-28(26,27)16-9-13-4-5-17(25)24-7-6-14(10-16)18(13)24/h8-10,20H,4-7,11H2,1-3H3. The second-order valence-electron chi connectivity index (χ2n) is 7.41. The molecule has 4 rings (SSSR count). The average Bonchev–Trinajstić information content (AvgIpc) is 3.08. The van der Waals surface area contributed by atoms with Crippen molar-refractivity contribution >= 4 is 27.6 Å². The maximum Gasteiger partial charge on any atom is 0.240 e. The van der Waals surface area contributed by atoms with Crippen LogP contribution in [0.2, 0.25) is 0 Å². The van der Waals surface area contributed by atoms with Gasteiger partial charge < -0.3 is 9.80 Å². The van der Waals surface area contributed by atoms with E-state index in [1.54, 1.807) is 28.0 Å². The molecular formula is C19H23N5O3S. The van der Waals surface area contributed by atoms with Crippen LogP contribution in [-0.2, 0) is 34.2 Å². The van der Waals surface area contributed by atoms with Crippen molar-refractivity contribution in [2.45, 2.75) is 37.6 Å². The molecule has 0 unspecified atom stereocenters. The van der Waals surface area contributed by atoms with Crippen molar-refractivity contribution in [3.8, 4) is 0 Å². The number of hydrogen-bond acceptors (Lipinski definition) is 6. The lowest BCUT2D eigenvalue weighted by atomic mass is 10.00. The maximum atomic E-state index is 12.9. The molecule has 0 aliphatic carbocycles. The molecule has 0 radical (unpaired) electrons. The minimum absolute atomic E-state index is 0.0869. The number of amides is 1.